The molecule has 0 heterocycles. The molecule has 0 unspecified atom stereocenters. The number of allylic oxidation sites excluding steroid dienone is 4. The minimum atomic E-state index is -0.926. The van der Waals surface area contributed by atoms with Crippen molar-refractivity contribution < 1.29 is 14.8 Å². The van der Waals surface area contributed by atoms with E-state index in [0.717, 1.165) is 28.7 Å². The van der Waals surface area contributed by atoms with Gasteiger partial charge in [-0.05, 0) is 64.7 Å². The minimum absolute atomic E-state index is 0.168. The summed E-state index contributed by atoms with van der Waals surface area (Å²) in [7, 11) is 0. The van der Waals surface area contributed by atoms with E-state index in [4.69, 9.17) is 5.11 Å². The Morgan fingerprint density at radius 3 is 2.44 bits per heavy atom. The predicted molar refractivity (Wildman–Crippen MR) is 101 cm³/mol. The summed E-state index contributed by atoms with van der Waals surface area (Å²) in [5.74, 6) is -0.926. The lowest BCUT2D eigenvalue weighted by molar-refractivity contribution is -0.386. The van der Waals surface area contributed by atoms with Crippen molar-refractivity contribution in [2.75, 3.05) is 0 Å². The molecule has 0 aliphatic heterocycles. The number of nitro groups is 1. The highest BCUT2D eigenvalue weighted by Crippen LogP contribution is 2.29. The van der Waals surface area contributed by atoms with Crippen LogP contribution in [0.25, 0.3) is 6.08 Å². The van der Waals surface area contributed by atoms with E-state index in [2.05, 4.69) is 0 Å². The summed E-state index contributed by atoms with van der Waals surface area (Å²) in [4.78, 5) is 21.5. The number of hydrogen-bond acceptors (Lipinski definition) is 3. The molecule has 0 bridgehead atoms. The average Bonchev–Trinajstić information content (AvgIpc) is 2.45. The van der Waals surface area contributed by atoms with Gasteiger partial charge in [-0.2, -0.15) is 0 Å². The van der Waals surface area contributed by atoms with Crippen molar-refractivity contribution in [2.45, 2.75) is 47.5 Å². The second-order valence-electron chi connectivity index (χ2n) is 6.30. The first-order valence-electron chi connectivity index (χ1n) is 8.13. The second-order valence-corrected chi connectivity index (χ2v) is 6.30. The molecule has 25 heavy (non-hydrogen) atoms. The Balaban J connectivity index is 2.95. The molecule has 0 aliphatic rings. The molecular weight excluding hydrogens is 318 g/mol. The van der Waals surface area contributed by atoms with E-state index >= 15 is 0 Å². The molecule has 134 valence electrons. The smallest absolute Gasteiger partial charge is 0.328 e. The number of aliphatic carboxylic acids is 1. The molecule has 0 fully saturated rings. The summed E-state index contributed by atoms with van der Waals surface area (Å²) < 4.78 is 0. The van der Waals surface area contributed by atoms with Gasteiger partial charge in [-0.3, -0.25) is 10.1 Å². The number of hydrogen-bond donors (Lipinski definition) is 1. The fraction of sp³-hybridized carbons (Fsp3) is 0.350. The van der Waals surface area contributed by atoms with E-state index in [1.807, 2.05) is 38.1 Å². The standard InChI is InChI=1S/C20H25NO4/c1-13(7-6-8-14(2)11-19(22)23)9-10-18-15(3)12-16(4)20(17(18)5)21(24)25/h7,9-12H,6,8H2,1-5H3,(H,22,23)/b10-9+,13-7+,14-11+. The SMILES string of the molecule is CC(/C=C/c1c(C)cc(C)c([N+](=O)[O-])c1C)=C\CC/C(C)=C/C(=O)O. The lowest BCUT2D eigenvalue weighted by Crippen LogP contribution is -1.99. The lowest BCUT2D eigenvalue weighted by Gasteiger charge is -2.09. The van der Waals surface area contributed by atoms with E-state index in [0.29, 0.717) is 17.5 Å². The highest BCUT2D eigenvalue weighted by Gasteiger charge is 2.18. The zero-order valence-electron chi connectivity index (χ0n) is 15.4. The molecule has 0 amide bonds. The molecule has 1 aromatic carbocycles. The highest BCUT2D eigenvalue weighted by molar-refractivity contribution is 5.80. The number of nitrogens with zero attached hydrogens (tertiary/aromatic N) is 1. The second kappa shape index (κ2) is 8.97. The molecule has 0 radical (unpaired) electrons. The van der Waals surface area contributed by atoms with Crippen LogP contribution in [0, 0.1) is 30.9 Å². The Morgan fingerprint density at radius 2 is 1.88 bits per heavy atom. The summed E-state index contributed by atoms with van der Waals surface area (Å²) in [6, 6.07) is 1.84. The highest BCUT2D eigenvalue weighted by atomic mass is 16.6. The Kier molecular flexibility index (Phi) is 7.30. The van der Waals surface area contributed by atoms with Crippen LogP contribution in [0.4, 0.5) is 5.69 Å². The van der Waals surface area contributed by atoms with E-state index in [-0.39, 0.29) is 10.6 Å². The molecule has 0 saturated heterocycles. The number of carboxylic acids is 1. The van der Waals surface area contributed by atoms with Gasteiger partial charge in [-0.1, -0.05) is 29.4 Å². The van der Waals surface area contributed by atoms with Crippen molar-refractivity contribution in [3.63, 3.8) is 0 Å². The third-order valence-corrected chi connectivity index (χ3v) is 4.06. The van der Waals surface area contributed by atoms with E-state index in [1.54, 1.807) is 20.8 Å². The van der Waals surface area contributed by atoms with Gasteiger partial charge in [0.15, 0.2) is 0 Å². The van der Waals surface area contributed by atoms with Crippen molar-refractivity contribution in [3.8, 4) is 0 Å². The van der Waals surface area contributed by atoms with E-state index in [9.17, 15) is 14.9 Å². The number of nitro benzene ring substituents is 1. The molecule has 5 nitrogen and oxygen atoms in total. The van der Waals surface area contributed by atoms with Crippen LogP contribution in [0.2, 0.25) is 0 Å². The number of carbonyl (C=O) groups is 1. The maximum absolute atomic E-state index is 11.2. The topological polar surface area (TPSA) is 80.4 Å². The van der Waals surface area contributed by atoms with Crippen molar-refractivity contribution in [1.82, 2.24) is 0 Å². The van der Waals surface area contributed by atoms with Gasteiger partial charge < -0.3 is 5.11 Å². The summed E-state index contributed by atoms with van der Waals surface area (Å²) >= 11 is 0. The average molecular weight is 343 g/mol. The van der Waals surface area contributed by atoms with Crippen LogP contribution in [-0.4, -0.2) is 16.0 Å². The van der Waals surface area contributed by atoms with E-state index < -0.39 is 5.97 Å². The molecule has 0 spiro atoms. The normalized spacial score (nSPS) is 12.7. The molecule has 0 aromatic heterocycles. The van der Waals surface area contributed by atoms with Gasteiger partial charge in [0.25, 0.3) is 5.69 Å². The van der Waals surface area contributed by atoms with Crippen LogP contribution in [0.1, 0.15) is 48.9 Å². The maximum Gasteiger partial charge on any atom is 0.328 e. The first-order chi connectivity index (χ1) is 11.6. The maximum atomic E-state index is 11.2. The van der Waals surface area contributed by atoms with Gasteiger partial charge >= 0.3 is 5.97 Å². The van der Waals surface area contributed by atoms with Crippen LogP contribution < -0.4 is 0 Å². The number of benzene rings is 1. The third kappa shape index (κ3) is 6.03. The van der Waals surface area contributed by atoms with Gasteiger partial charge in [0, 0.05) is 17.2 Å². The van der Waals surface area contributed by atoms with Crippen LogP contribution >= 0.6 is 0 Å². The van der Waals surface area contributed by atoms with Gasteiger partial charge in [0.2, 0.25) is 0 Å². The fourth-order valence-electron chi connectivity index (χ4n) is 2.82. The molecular formula is C20H25NO4. The van der Waals surface area contributed by atoms with Crippen LogP contribution in [-0.2, 0) is 4.79 Å². The monoisotopic (exact) mass is 343 g/mol. The Labute approximate surface area is 148 Å². The van der Waals surface area contributed by atoms with Crippen LogP contribution in [0.5, 0.6) is 0 Å². The quantitative estimate of drug-likeness (QED) is 0.316. The summed E-state index contributed by atoms with van der Waals surface area (Å²) in [6.45, 7) is 9.23. The predicted octanol–water partition coefficient (Wildman–Crippen LogP) is 5.29. The Hall–Kier alpha value is -2.69. The van der Waals surface area contributed by atoms with Crippen molar-refractivity contribution in [2.24, 2.45) is 0 Å². The molecule has 5 heteroatoms. The molecule has 1 aromatic rings. The summed E-state index contributed by atoms with van der Waals surface area (Å²) in [5, 5.41) is 19.9. The zero-order chi connectivity index (χ0) is 19.1. The fourth-order valence-corrected chi connectivity index (χ4v) is 2.82. The minimum Gasteiger partial charge on any atom is -0.478 e. The third-order valence-electron chi connectivity index (χ3n) is 4.06. The van der Waals surface area contributed by atoms with Crippen molar-refractivity contribution in [3.05, 3.63) is 67.8 Å². The Bertz CT molecular complexity index is 770. The largest absolute Gasteiger partial charge is 0.478 e. The summed E-state index contributed by atoms with van der Waals surface area (Å²) in [5.41, 5.74) is 5.24. The molecule has 0 atom stereocenters. The molecule has 1 rings (SSSR count). The molecule has 0 saturated carbocycles. The number of rotatable bonds is 7. The van der Waals surface area contributed by atoms with Gasteiger partial charge in [-0.15, -0.1) is 0 Å². The Morgan fingerprint density at radius 1 is 1.24 bits per heavy atom. The van der Waals surface area contributed by atoms with Crippen molar-refractivity contribution >= 4 is 17.7 Å². The lowest BCUT2D eigenvalue weighted by atomic mass is 9.96. The molecule has 1 N–H and O–H groups in total. The number of aryl methyl sites for hydroxylation is 2. The zero-order valence-corrected chi connectivity index (χ0v) is 15.4. The van der Waals surface area contributed by atoms with Gasteiger partial charge in [0.1, 0.15) is 0 Å². The van der Waals surface area contributed by atoms with Crippen molar-refractivity contribution in [1.29, 1.82) is 0 Å². The van der Waals surface area contributed by atoms with E-state index in [1.165, 1.54) is 6.08 Å². The first-order valence-corrected chi connectivity index (χ1v) is 8.13. The summed E-state index contributed by atoms with van der Waals surface area (Å²) in [6.07, 6.45) is 8.52. The van der Waals surface area contributed by atoms with Crippen LogP contribution in [0.15, 0.2) is 35.4 Å². The first kappa shape index (κ1) is 20.4. The van der Waals surface area contributed by atoms with Crippen LogP contribution in [0.3, 0.4) is 0 Å². The van der Waals surface area contributed by atoms with Gasteiger partial charge in [0.05, 0.1) is 4.92 Å². The molecule has 0 aliphatic carbocycles. The van der Waals surface area contributed by atoms with Gasteiger partial charge in [-0.25, -0.2) is 4.79 Å². The number of carboxylic acid groups (broad SMARTS) is 1.